The minimum atomic E-state index is -0.908. The number of methoxy groups -OCH3 is 3. The molecule has 0 saturated heterocycles. The number of hydrogen-bond acceptors (Lipinski definition) is 8. The Labute approximate surface area is 193 Å². The molecule has 0 aliphatic carbocycles. The first-order valence-corrected chi connectivity index (χ1v) is 10.3. The lowest BCUT2D eigenvalue weighted by molar-refractivity contribution is -0.143. The van der Waals surface area contributed by atoms with Gasteiger partial charge in [-0.25, -0.2) is 9.59 Å². The first-order chi connectivity index (χ1) is 15.6. The molecule has 2 aromatic rings. The Kier molecular flexibility index (Phi) is 8.78. The van der Waals surface area contributed by atoms with Gasteiger partial charge < -0.3 is 24.3 Å². The van der Waals surface area contributed by atoms with Crippen molar-refractivity contribution in [3.05, 3.63) is 52.4 Å². The Bertz CT molecular complexity index is 956. The molecule has 0 aliphatic heterocycles. The fourth-order valence-electron chi connectivity index (χ4n) is 3.25. The third-order valence-corrected chi connectivity index (χ3v) is 4.67. The van der Waals surface area contributed by atoms with E-state index in [-0.39, 0.29) is 13.0 Å². The molecule has 0 aromatic heterocycles. The Morgan fingerprint density at radius 3 is 2.00 bits per heavy atom. The van der Waals surface area contributed by atoms with Gasteiger partial charge in [0.05, 0.1) is 26.9 Å². The normalized spacial score (nSPS) is 11.8. The first kappa shape index (κ1) is 25.6. The lowest BCUT2D eigenvalue weighted by Gasteiger charge is -2.22. The zero-order valence-electron chi connectivity index (χ0n) is 19.8. The van der Waals surface area contributed by atoms with Gasteiger partial charge >= 0.3 is 12.1 Å². The molecule has 9 heteroatoms. The minimum Gasteiger partial charge on any atom is -0.496 e. The maximum atomic E-state index is 12.2. The summed E-state index contributed by atoms with van der Waals surface area (Å²) in [6.45, 7) is 5.22. The average Bonchev–Trinajstić information content (AvgIpc) is 2.77. The number of alkyl carbamates (subject to hydrolysis) is 1. The quantitative estimate of drug-likeness (QED) is 0.442. The molecule has 178 valence electrons. The van der Waals surface area contributed by atoms with E-state index in [9.17, 15) is 14.5 Å². The van der Waals surface area contributed by atoms with Crippen LogP contribution in [0.25, 0.3) is 11.1 Å². The van der Waals surface area contributed by atoms with E-state index in [1.165, 1.54) is 21.3 Å². The second kappa shape index (κ2) is 11.3. The standard InChI is InChI=1S/C24H30N2O7/c1-24(2,3)33-23(28)26-18(22(27)32-6)11-15-7-9-17(10-8-15)21-19(30-4)12-16(14-25-29)13-20(21)31-5/h7-10,12-13,18H,11,14H2,1-6H3,(H,26,28)/t18-/m0/s1. The van der Waals surface area contributed by atoms with E-state index in [0.29, 0.717) is 17.1 Å². The number of nitrogens with one attached hydrogen (secondary N) is 1. The SMILES string of the molecule is COC(=O)[C@H](Cc1ccc(-c2c(OC)cc(CN=O)cc2OC)cc1)NC(=O)OC(C)(C)C. The molecule has 2 rings (SSSR count). The topological polar surface area (TPSA) is 113 Å². The van der Waals surface area contributed by atoms with Gasteiger partial charge in [0.25, 0.3) is 0 Å². The van der Waals surface area contributed by atoms with Crippen LogP contribution in [0.1, 0.15) is 31.9 Å². The van der Waals surface area contributed by atoms with E-state index >= 15 is 0 Å². The second-order valence-corrected chi connectivity index (χ2v) is 8.29. The van der Waals surface area contributed by atoms with Crippen LogP contribution in [-0.2, 0) is 27.2 Å². The van der Waals surface area contributed by atoms with Gasteiger partial charge in [0.2, 0.25) is 0 Å². The highest BCUT2D eigenvalue weighted by atomic mass is 16.6. The molecule has 0 bridgehead atoms. The van der Waals surface area contributed by atoms with Crippen LogP contribution in [-0.4, -0.2) is 45.0 Å². The molecular weight excluding hydrogens is 428 g/mol. The molecule has 0 saturated carbocycles. The van der Waals surface area contributed by atoms with Crippen LogP contribution >= 0.6 is 0 Å². The van der Waals surface area contributed by atoms with Crippen molar-refractivity contribution in [1.82, 2.24) is 5.32 Å². The number of hydrogen-bond donors (Lipinski definition) is 1. The molecule has 0 spiro atoms. The van der Waals surface area contributed by atoms with Crippen molar-refractivity contribution in [2.75, 3.05) is 21.3 Å². The van der Waals surface area contributed by atoms with Gasteiger partial charge in [-0.3, -0.25) is 0 Å². The highest BCUT2D eigenvalue weighted by Gasteiger charge is 2.25. The van der Waals surface area contributed by atoms with Crippen LogP contribution in [0.15, 0.2) is 41.6 Å². The van der Waals surface area contributed by atoms with Crippen molar-refractivity contribution in [2.24, 2.45) is 5.18 Å². The Morgan fingerprint density at radius 2 is 1.55 bits per heavy atom. The van der Waals surface area contributed by atoms with E-state index < -0.39 is 23.7 Å². The second-order valence-electron chi connectivity index (χ2n) is 8.29. The van der Waals surface area contributed by atoms with E-state index in [1.54, 1.807) is 32.9 Å². The van der Waals surface area contributed by atoms with Crippen molar-refractivity contribution >= 4 is 12.1 Å². The van der Waals surface area contributed by atoms with Gasteiger partial charge in [-0.15, -0.1) is 0 Å². The Hall–Kier alpha value is -3.62. The van der Waals surface area contributed by atoms with Crippen molar-refractivity contribution in [2.45, 2.75) is 45.4 Å². The summed E-state index contributed by atoms with van der Waals surface area (Å²) < 4.78 is 21.1. The molecule has 2 aromatic carbocycles. The summed E-state index contributed by atoms with van der Waals surface area (Å²) in [5.74, 6) is 0.507. The van der Waals surface area contributed by atoms with Crippen LogP contribution in [0.2, 0.25) is 0 Å². The van der Waals surface area contributed by atoms with Gasteiger partial charge in [-0.2, -0.15) is 4.91 Å². The van der Waals surface area contributed by atoms with E-state index in [2.05, 4.69) is 10.5 Å². The summed E-state index contributed by atoms with van der Waals surface area (Å²) >= 11 is 0. The summed E-state index contributed by atoms with van der Waals surface area (Å²) in [5, 5.41) is 5.49. The highest BCUT2D eigenvalue weighted by Crippen LogP contribution is 2.40. The molecule has 0 fully saturated rings. The molecule has 0 unspecified atom stereocenters. The molecule has 1 amide bonds. The van der Waals surface area contributed by atoms with E-state index in [0.717, 1.165) is 16.7 Å². The van der Waals surface area contributed by atoms with Gasteiger partial charge in [-0.1, -0.05) is 29.4 Å². The maximum absolute atomic E-state index is 12.2. The Morgan fingerprint density at radius 1 is 0.970 bits per heavy atom. The zero-order chi connectivity index (χ0) is 24.6. The number of carbonyl (C=O) groups is 2. The number of amides is 1. The zero-order valence-corrected chi connectivity index (χ0v) is 19.8. The van der Waals surface area contributed by atoms with Crippen molar-refractivity contribution in [1.29, 1.82) is 0 Å². The lowest BCUT2D eigenvalue weighted by Crippen LogP contribution is -2.45. The molecule has 0 radical (unpaired) electrons. The van der Waals surface area contributed by atoms with Crippen molar-refractivity contribution in [3.63, 3.8) is 0 Å². The monoisotopic (exact) mass is 458 g/mol. The molecular formula is C24H30N2O7. The van der Waals surface area contributed by atoms with Crippen LogP contribution in [0.3, 0.4) is 0 Å². The van der Waals surface area contributed by atoms with Gasteiger partial charge in [0.1, 0.15) is 29.7 Å². The number of esters is 1. The number of carbonyl (C=O) groups excluding carboxylic acids is 2. The van der Waals surface area contributed by atoms with Gasteiger partial charge in [-0.05, 0) is 49.6 Å². The molecule has 0 aliphatic rings. The predicted molar refractivity (Wildman–Crippen MR) is 123 cm³/mol. The summed E-state index contributed by atoms with van der Waals surface area (Å²) in [6, 6.07) is 9.96. The average molecular weight is 459 g/mol. The maximum Gasteiger partial charge on any atom is 0.408 e. The number of rotatable bonds is 9. The summed E-state index contributed by atoms with van der Waals surface area (Å²) in [4.78, 5) is 35.0. The molecule has 9 nitrogen and oxygen atoms in total. The number of benzene rings is 2. The third-order valence-electron chi connectivity index (χ3n) is 4.67. The highest BCUT2D eigenvalue weighted by molar-refractivity contribution is 5.82. The Balaban J connectivity index is 2.29. The van der Waals surface area contributed by atoms with Crippen LogP contribution < -0.4 is 14.8 Å². The summed E-state index contributed by atoms with van der Waals surface area (Å²) in [7, 11) is 4.33. The van der Waals surface area contributed by atoms with Gasteiger partial charge in [0.15, 0.2) is 0 Å². The summed E-state index contributed by atoms with van der Waals surface area (Å²) in [6.07, 6.45) is -0.487. The molecule has 33 heavy (non-hydrogen) atoms. The number of nitroso groups, excluding NO2 is 1. The molecule has 1 N–H and O–H groups in total. The number of ether oxygens (including phenoxy) is 4. The van der Waals surface area contributed by atoms with Gasteiger partial charge in [0, 0.05) is 6.42 Å². The largest absolute Gasteiger partial charge is 0.496 e. The fraction of sp³-hybridized carbons (Fsp3) is 0.417. The lowest BCUT2D eigenvalue weighted by atomic mass is 9.98. The third kappa shape index (κ3) is 7.20. The van der Waals surface area contributed by atoms with Crippen LogP contribution in [0, 0.1) is 4.91 Å². The first-order valence-electron chi connectivity index (χ1n) is 10.3. The van der Waals surface area contributed by atoms with E-state index in [4.69, 9.17) is 18.9 Å². The fourth-order valence-corrected chi connectivity index (χ4v) is 3.25. The molecule has 1 atom stereocenters. The van der Waals surface area contributed by atoms with Crippen molar-refractivity contribution < 1.29 is 28.5 Å². The number of nitrogens with zero attached hydrogens (tertiary/aromatic N) is 1. The van der Waals surface area contributed by atoms with Crippen LogP contribution in [0.5, 0.6) is 11.5 Å². The van der Waals surface area contributed by atoms with E-state index in [1.807, 2.05) is 24.3 Å². The molecule has 0 heterocycles. The minimum absolute atomic E-state index is 0.00546. The van der Waals surface area contributed by atoms with Crippen LogP contribution in [0.4, 0.5) is 4.79 Å². The smallest absolute Gasteiger partial charge is 0.408 e. The van der Waals surface area contributed by atoms with Crippen molar-refractivity contribution in [3.8, 4) is 22.6 Å². The summed E-state index contributed by atoms with van der Waals surface area (Å²) in [5.41, 5.74) is 2.31. The predicted octanol–water partition coefficient (Wildman–Crippen LogP) is 4.25.